The summed E-state index contributed by atoms with van der Waals surface area (Å²) >= 11 is 0. The van der Waals surface area contributed by atoms with Crippen LogP contribution < -0.4 is 9.47 Å². The largest absolute Gasteiger partial charge is 0.493 e. The molecule has 0 bridgehead atoms. The zero-order valence-electron chi connectivity index (χ0n) is 13.1. The van der Waals surface area contributed by atoms with E-state index in [-0.39, 0.29) is 6.04 Å². The first kappa shape index (κ1) is 15.3. The summed E-state index contributed by atoms with van der Waals surface area (Å²) in [5.74, 6) is 2.72. The van der Waals surface area contributed by atoms with Gasteiger partial charge in [0.25, 0.3) is 0 Å². The van der Waals surface area contributed by atoms with Crippen LogP contribution in [-0.2, 0) is 6.54 Å². The van der Waals surface area contributed by atoms with E-state index in [0.29, 0.717) is 11.7 Å². The van der Waals surface area contributed by atoms with Gasteiger partial charge in [0, 0.05) is 6.54 Å². The minimum absolute atomic E-state index is 0.0410. The van der Waals surface area contributed by atoms with Crippen molar-refractivity contribution in [1.29, 1.82) is 0 Å². The summed E-state index contributed by atoms with van der Waals surface area (Å²) in [5.41, 5.74) is 1.12. The number of hydrogen-bond acceptors (Lipinski definition) is 6. The normalized spacial score (nSPS) is 12.5. The standard InChI is InChI=1S/C15H21N3O3/c1-10(15-16-11(2)17-21-15)18(3)9-12-6-7-13(19-4)14(8-12)20-5/h6-8,10H,9H2,1-5H3. The maximum atomic E-state index is 5.32. The van der Waals surface area contributed by atoms with Gasteiger partial charge in [-0.3, -0.25) is 4.90 Å². The summed E-state index contributed by atoms with van der Waals surface area (Å²) in [7, 11) is 5.28. The van der Waals surface area contributed by atoms with E-state index in [1.165, 1.54) is 0 Å². The molecule has 0 aliphatic heterocycles. The number of rotatable bonds is 6. The van der Waals surface area contributed by atoms with Gasteiger partial charge in [-0.05, 0) is 38.6 Å². The maximum Gasteiger partial charge on any atom is 0.243 e. The van der Waals surface area contributed by atoms with E-state index >= 15 is 0 Å². The molecule has 0 fully saturated rings. The fourth-order valence-corrected chi connectivity index (χ4v) is 2.08. The molecule has 0 N–H and O–H groups in total. The van der Waals surface area contributed by atoms with Gasteiger partial charge in [0.2, 0.25) is 5.89 Å². The lowest BCUT2D eigenvalue weighted by molar-refractivity contribution is 0.202. The van der Waals surface area contributed by atoms with E-state index in [2.05, 4.69) is 15.0 Å². The molecule has 6 heteroatoms. The molecule has 1 aromatic heterocycles. The second kappa shape index (κ2) is 6.58. The van der Waals surface area contributed by atoms with E-state index in [1.807, 2.05) is 39.1 Å². The molecule has 1 atom stereocenters. The van der Waals surface area contributed by atoms with Crippen LogP contribution in [0, 0.1) is 6.92 Å². The Morgan fingerprint density at radius 3 is 2.52 bits per heavy atom. The molecule has 1 heterocycles. The van der Waals surface area contributed by atoms with Crippen molar-refractivity contribution in [3.8, 4) is 11.5 Å². The van der Waals surface area contributed by atoms with Crippen LogP contribution in [0.3, 0.4) is 0 Å². The quantitative estimate of drug-likeness (QED) is 0.815. The van der Waals surface area contributed by atoms with Crippen LogP contribution in [0.4, 0.5) is 0 Å². The zero-order valence-corrected chi connectivity index (χ0v) is 13.1. The highest BCUT2D eigenvalue weighted by atomic mass is 16.5. The molecule has 6 nitrogen and oxygen atoms in total. The molecule has 1 unspecified atom stereocenters. The lowest BCUT2D eigenvalue weighted by atomic mass is 10.1. The van der Waals surface area contributed by atoms with Gasteiger partial charge < -0.3 is 14.0 Å². The number of ether oxygens (including phenoxy) is 2. The lowest BCUT2D eigenvalue weighted by Crippen LogP contribution is -2.22. The predicted molar refractivity (Wildman–Crippen MR) is 78.5 cm³/mol. The number of benzene rings is 1. The molecule has 114 valence electrons. The van der Waals surface area contributed by atoms with Crippen LogP contribution in [0.25, 0.3) is 0 Å². The third-order valence-electron chi connectivity index (χ3n) is 3.44. The summed E-state index contributed by atoms with van der Waals surface area (Å²) in [6.07, 6.45) is 0. The Balaban J connectivity index is 2.10. The van der Waals surface area contributed by atoms with Crippen LogP contribution in [-0.4, -0.2) is 36.3 Å². The molecule has 0 spiro atoms. The van der Waals surface area contributed by atoms with Gasteiger partial charge in [-0.25, -0.2) is 0 Å². The van der Waals surface area contributed by atoms with Gasteiger partial charge >= 0.3 is 0 Å². The Morgan fingerprint density at radius 1 is 1.24 bits per heavy atom. The van der Waals surface area contributed by atoms with Crippen LogP contribution >= 0.6 is 0 Å². The van der Waals surface area contributed by atoms with Crippen molar-refractivity contribution in [2.24, 2.45) is 0 Å². The molecule has 0 radical (unpaired) electrons. The first-order chi connectivity index (χ1) is 10.0. The second-order valence-corrected chi connectivity index (χ2v) is 4.96. The molecule has 21 heavy (non-hydrogen) atoms. The molecule has 0 saturated heterocycles. The molecular weight excluding hydrogens is 270 g/mol. The summed E-state index contributed by atoms with van der Waals surface area (Å²) in [5, 5.41) is 3.83. The van der Waals surface area contributed by atoms with Gasteiger partial charge in [0.05, 0.1) is 20.3 Å². The van der Waals surface area contributed by atoms with Crippen LogP contribution in [0.2, 0.25) is 0 Å². The Labute approximate surface area is 124 Å². The summed E-state index contributed by atoms with van der Waals surface area (Å²) in [4.78, 5) is 6.40. The fourth-order valence-electron chi connectivity index (χ4n) is 2.08. The maximum absolute atomic E-state index is 5.32. The van der Waals surface area contributed by atoms with E-state index in [4.69, 9.17) is 14.0 Å². The smallest absolute Gasteiger partial charge is 0.243 e. The number of hydrogen-bond donors (Lipinski definition) is 0. The third kappa shape index (κ3) is 3.52. The van der Waals surface area contributed by atoms with Crippen molar-refractivity contribution in [3.63, 3.8) is 0 Å². The number of methoxy groups -OCH3 is 2. The summed E-state index contributed by atoms with van der Waals surface area (Å²) < 4.78 is 15.8. The molecule has 2 rings (SSSR count). The van der Waals surface area contributed by atoms with E-state index in [0.717, 1.165) is 23.6 Å². The molecule has 0 saturated carbocycles. The molecule has 0 aliphatic rings. The fraction of sp³-hybridized carbons (Fsp3) is 0.467. The van der Waals surface area contributed by atoms with Crippen LogP contribution in [0.5, 0.6) is 11.5 Å². The number of aryl methyl sites for hydroxylation is 1. The molecular formula is C15H21N3O3. The van der Waals surface area contributed by atoms with Crippen molar-refractivity contribution in [2.75, 3.05) is 21.3 Å². The first-order valence-corrected chi connectivity index (χ1v) is 6.76. The molecule has 1 aromatic carbocycles. The monoisotopic (exact) mass is 291 g/mol. The van der Waals surface area contributed by atoms with Crippen molar-refractivity contribution in [2.45, 2.75) is 26.4 Å². The third-order valence-corrected chi connectivity index (χ3v) is 3.44. The van der Waals surface area contributed by atoms with Gasteiger partial charge in [0.1, 0.15) is 0 Å². The Bertz CT molecular complexity index is 598. The van der Waals surface area contributed by atoms with Crippen molar-refractivity contribution >= 4 is 0 Å². The minimum atomic E-state index is 0.0410. The van der Waals surface area contributed by atoms with E-state index in [1.54, 1.807) is 14.2 Å². The SMILES string of the molecule is COc1ccc(CN(C)C(C)c2nc(C)no2)cc1OC. The van der Waals surface area contributed by atoms with Crippen LogP contribution in [0.15, 0.2) is 22.7 Å². The molecule has 0 aliphatic carbocycles. The summed E-state index contributed by atoms with van der Waals surface area (Å²) in [6, 6.07) is 5.94. The zero-order chi connectivity index (χ0) is 15.4. The van der Waals surface area contributed by atoms with Gasteiger partial charge in [0.15, 0.2) is 17.3 Å². The van der Waals surface area contributed by atoms with Crippen molar-refractivity contribution < 1.29 is 14.0 Å². The van der Waals surface area contributed by atoms with E-state index < -0.39 is 0 Å². The predicted octanol–water partition coefficient (Wildman–Crippen LogP) is 2.59. The molecule has 0 amide bonds. The first-order valence-electron chi connectivity index (χ1n) is 6.76. The Morgan fingerprint density at radius 2 is 1.95 bits per heavy atom. The highest BCUT2D eigenvalue weighted by Gasteiger charge is 2.18. The number of nitrogens with zero attached hydrogens (tertiary/aromatic N) is 3. The Hall–Kier alpha value is -2.08. The van der Waals surface area contributed by atoms with Crippen molar-refractivity contribution in [3.05, 3.63) is 35.5 Å². The lowest BCUT2D eigenvalue weighted by Gasteiger charge is -2.22. The summed E-state index contributed by atoms with van der Waals surface area (Å²) in [6.45, 7) is 4.59. The van der Waals surface area contributed by atoms with E-state index in [9.17, 15) is 0 Å². The highest BCUT2D eigenvalue weighted by molar-refractivity contribution is 5.42. The minimum Gasteiger partial charge on any atom is -0.493 e. The Kier molecular flexibility index (Phi) is 4.80. The average Bonchev–Trinajstić information content (AvgIpc) is 2.92. The van der Waals surface area contributed by atoms with Gasteiger partial charge in [-0.1, -0.05) is 11.2 Å². The van der Waals surface area contributed by atoms with Gasteiger partial charge in [-0.15, -0.1) is 0 Å². The molecule has 2 aromatic rings. The topological polar surface area (TPSA) is 60.6 Å². The average molecular weight is 291 g/mol. The second-order valence-electron chi connectivity index (χ2n) is 4.96. The van der Waals surface area contributed by atoms with Crippen LogP contribution in [0.1, 0.15) is 30.2 Å². The van der Waals surface area contributed by atoms with Gasteiger partial charge in [-0.2, -0.15) is 4.98 Å². The highest BCUT2D eigenvalue weighted by Crippen LogP contribution is 2.29. The van der Waals surface area contributed by atoms with Crippen molar-refractivity contribution in [1.82, 2.24) is 15.0 Å². The number of aromatic nitrogens is 2.